The lowest BCUT2D eigenvalue weighted by Crippen LogP contribution is -2.16. The Bertz CT molecular complexity index is 404. The Hall–Kier alpha value is -1.61. The highest BCUT2D eigenvalue weighted by Gasteiger charge is 2.16. The third-order valence-corrected chi connectivity index (χ3v) is 1.93. The van der Waals surface area contributed by atoms with Gasteiger partial charge in [-0.2, -0.15) is 5.26 Å². The Morgan fingerprint density at radius 1 is 1.80 bits per heavy atom. The highest BCUT2D eigenvalue weighted by atomic mass is 79.9. The van der Waals surface area contributed by atoms with E-state index in [9.17, 15) is 4.79 Å². The molecule has 78 valence electrons. The first-order chi connectivity index (χ1) is 7.19. The van der Waals surface area contributed by atoms with Crippen molar-refractivity contribution in [1.29, 1.82) is 5.26 Å². The zero-order chi connectivity index (χ0) is 11.3. The average Bonchev–Trinajstić information content (AvgIpc) is 2.22. The van der Waals surface area contributed by atoms with Gasteiger partial charge < -0.3 is 10.1 Å². The SMILES string of the molecule is CCOC(=O)/C(C#N)=C1/N=CC(Br)=CN1. The van der Waals surface area contributed by atoms with Gasteiger partial charge in [0.2, 0.25) is 0 Å². The molecule has 0 aromatic carbocycles. The maximum atomic E-state index is 11.3. The van der Waals surface area contributed by atoms with Crippen LogP contribution in [0.25, 0.3) is 0 Å². The summed E-state index contributed by atoms with van der Waals surface area (Å²) in [6.07, 6.45) is 3.07. The number of nitrogens with zero attached hydrogens (tertiary/aromatic N) is 2. The fraction of sp³-hybridized carbons (Fsp3) is 0.222. The third kappa shape index (κ3) is 2.92. The number of carbonyl (C=O) groups is 1. The maximum absolute atomic E-state index is 11.3. The van der Waals surface area contributed by atoms with Crippen molar-refractivity contribution >= 4 is 28.1 Å². The van der Waals surface area contributed by atoms with Crippen molar-refractivity contribution in [2.24, 2.45) is 4.99 Å². The van der Waals surface area contributed by atoms with Crippen molar-refractivity contribution in [3.63, 3.8) is 0 Å². The van der Waals surface area contributed by atoms with Crippen molar-refractivity contribution in [2.75, 3.05) is 6.61 Å². The van der Waals surface area contributed by atoms with Crippen LogP contribution in [0.3, 0.4) is 0 Å². The zero-order valence-corrected chi connectivity index (χ0v) is 9.54. The molecule has 15 heavy (non-hydrogen) atoms. The number of ether oxygens (including phenoxy) is 1. The van der Waals surface area contributed by atoms with E-state index >= 15 is 0 Å². The second-order valence-corrected chi connectivity index (χ2v) is 3.40. The number of allylic oxidation sites excluding steroid dienone is 1. The highest BCUT2D eigenvalue weighted by molar-refractivity contribution is 9.12. The predicted octanol–water partition coefficient (Wildman–Crippen LogP) is 1.19. The second kappa shape index (κ2) is 5.32. The summed E-state index contributed by atoms with van der Waals surface area (Å²) in [5, 5.41) is 11.5. The Labute approximate surface area is 95.3 Å². The van der Waals surface area contributed by atoms with Gasteiger partial charge in [-0.1, -0.05) is 0 Å². The molecule has 6 heteroatoms. The van der Waals surface area contributed by atoms with Crippen LogP contribution < -0.4 is 5.32 Å². The largest absolute Gasteiger partial charge is 0.462 e. The average molecular weight is 270 g/mol. The third-order valence-electron chi connectivity index (χ3n) is 1.49. The number of halogens is 1. The van der Waals surface area contributed by atoms with Crippen LogP contribution in [0.1, 0.15) is 6.92 Å². The summed E-state index contributed by atoms with van der Waals surface area (Å²) in [4.78, 5) is 15.2. The van der Waals surface area contributed by atoms with Gasteiger partial charge in [0, 0.05) is 12.4 Å². The number of nitrogens with one attached hydrogen (secondary N) is 1. The number of carbonyl (C=O) groups excluding carboxylic acids is 1. The minimum atomic E-state index is -0.675. The molecule has 0 radical (unpaired) electrons. The molecule has 0 saturated heterocycles. The van der Waals surface area contributed by atoms with E-state index in [1.54, 1.807) is 19.2 Å². The van der Waals surface area contributed by atoms with Gasteiger partial charge in [0.15, 0.2) is 11.4 Å². The number of rotatable bonds is 2. The van der Waals surface area contributed by atoms with Crippen LogP contribution in [-0.2, 0) is 9.53 Å². The molecule has 1 heterocycles. The van der Waals surface area contributed by atoms with Crippen LogP contribution in [0, 0.1) is 11.3 Å². The molecule has 0 aromatic heterocycles. The fourth-order valence-electron chi connectivity index (χ4n) is 0.873. The Balaban J connectivity index is 2.93. The van der Waals surface area contributed by atoms with Crippen molar-refractivity contribution in [3.05, 3.63) is 22.1 Å². The topological polar surface area (TPSA) is 74.5 Å². The van der Waals surface area contributed by atoms with E-state index in [0.717, 1.165) is 4.48 Å². The minimum absolute atomic E-state index is 0.135. The molecule has 1 N–H and O–H groups in total. The predicted molar refractivity (Wildman–Crippen MR) is 57.9 cm³/mol. The van der Waals surface area contributed by atoms with Gasteiger partial charge in [-0.05, 0) is 22.9 Å². The quantitative estimate of drug-likeness (QED) is 0.464. The van der Waals surface area contributed by atoms with Crippen LogP contribution in [0.15, 0.2) is 27.1 Å². The van der Waals surface area contributed by atoms with Gasteiger partial charge in [-0.3, -0.25) is 0 Å². The molecule has 0 atom stereocenters. The van der Waals surface area contributed by atoms with Crippen molar-refractivity contribution in [2.45, 2.75) is 6.92 Å². The van der Waals surface area contributed by atoms with E-state index in [1.807, 2.05) is 0 Å². The van der Waals surface area contributed by atoms with Crippen LogP contribution in [0.2, 0.25) is 0 Å². The van der Waals surface area contributed by atoms with Crippen molar-refractivity contribution in [1.82, 2.24) is 5.32 Å². The lowest BCUT2D eigenvalue weighted by atomic mass is 10.3. The molecule has 1 aliphatic heterocycles. The molecule has 1 aliphatic rings. The molecule has 5 nitrogen and oxygen atoms in total. The first-order valence-corrected chi connectivity index (χ1v) is 4.96. The molecular weight excluding hydrogens is 262 g/mol. The van der Waals surface area contributed by atoms with Crippen molar-refractivity contribution < 1.29 is 9.53 Å². The number of nitriles is 1. The molecule has 0 unspecified atom stereocenters. The molecule has 0 spiro atoms. The van der Waals surface area contributed by atoms with E-state index in [0.29, 0.717) is 0 Å². The van der Waals surface area contributed by atoms with Crippen LogP contribution in [0.5, 0.6) is 0 Å². The van der Waals surface area contributed by atoms with E-state index in [4.69, 9.17) is 10.00 Å². The molecule has 0 amide bonds. The van der Waals surface area contributed by atoms with E-state index in [-0.39, 0.29) is 18.0 Å². The minimum Gasteiger partial charge on any atom is -0.462 e. The lowest BCUT2D eigenvalue weighted by molar-refractivity contribution is -0.138. The number of aliphatic imine (C=N–C) groups is 1. The Kier molecular flexibility index (Phi) is 4.06. The lowest BCUT2D eigenvalue weighted by Gasteiger charge is -2.08. The van der Waals surface area contributed by atoms with Gasteiger partial charge in [0.25, 0.3) is 0 Å². The number of hydrogen-bond acceptors (Lipinski definition) is 5. The van der Waals surface area contributed by atoms with Gasteiger partial charge in [-0.15, -0.1) is 0 Å². The van der Waals surface area contributed by atoms with E-state index in [1.165, 1.54) is 6.21 Å². The summed E-state index contributed by atoms with van der Waals surface area (Å²) in [5.41, 5.74) is -0.135. The summed E-state index contributed by atoms with van der Waals surface area (Å²) in [6.45, 7) is 1.89. The van der Waals surface area contributed by atoms with E-state index < -0.39 is 5.97 Å². The molecule has 0 bridgehead atoms. The number of esters is 1. The smallest absolute Gasteiger partial charge is 0.352 e. The zero-order valence-electron chi connectivity index (χ0n) is 7.95. The van der Waals surface area contributed by atoms with E-state index in [2.05, 4.69) is 26.2 Å². The van der Waals surface area contributed by atoms with Gasteiger partial charge in [0.05, 0.1) is 11.1 Å². The van der Waals surface area contributed by atoms with Gasteiger partial charge >= 0.3 is 5.97 Å². The van der Waals surface area contributed by atoms with Crippen LogP contribution in [0.4, 0.5) is 0 Å². The summed E-state index contributed by atoms with van der Waals surface area (Å²) in [7, 11) is 0. The first-order valence-electron chi connectivity index (χ1n) is 4.16. The number of hydrogen-bond donors (Lipinski definition) is 1. The van der Waals surface area contributed by atoms with Crippen molar-refractivity contribution in [3.8, 4) is 6.07 Å². The van der Waals surface area contributed by atoms with Crippen LogP contribution >= 0.6 is 15.9 Å². The summed E-state index contributed by atoms with van der Waals surface area (Å²) in [6, 6.07) is 1.76. The molecule has 1 rings (SSSR count). The monoisotopic (exact) mass is 269 g/mol. The van der Waals surface area contributed by atoms with Gasteiger partial charge in [0.1, 0.15) is 6.07 Å². The van der Waals surface area contributed by atoms with Crippen LogP contribution in [-0.4, -0.2) is 18.8 Å². The first kappa shape index (κ1) is 11.5. The summed E-state index contributed by atoms with van der Waals surface area (Å²) in [5.74, 6) is -0.481. The van der Waals surface area contributed by atoms with Gasteiger partial charge in [-0.25, -0.2) is 9.79 Å². The normalized spacial score (nSPS) is 17.3. The Morgan fingerprint density at radius 2 is 2.53 bits per heavy atom. The maximum Gasteiger partial charge on any atom is 0.352 e. The summed E-state index contributed by atoms with van der Waals surface area (Å²) >= 11 is 3.18. The molecular formula is C9H8BrN3O2. The molecule has 0 aliphatic carbocycles. The Morgan fingerprint density at radius 3 is 3.00 bits per heavy atom. The molecule has 0 fully saturated rings. The fourth-order valence-corrected chi connectivity index (χ4v) is 1.09. The molecule has 0 saturated carbocycles. The highest BCUT2D eigenvalue weighted by Crippen LogP contribution is 2.11. The standard InChI is InChI=1S/C9H8BrN3O2/c1-2-15-9(14)7(3-11)8-12-4-6(10)5-13-8/h4-5,12H,2H2,1H3/b8-7+. The second-order valence-electron chi connectivity index (χ2n) is 2.49. The summed E-state index contributed by atoms with van der Waals surface area (Å²) < 4.78 is 5.44. The molecule has 0 aromatic rings.